The van der Waals surface area contributed by atoms with Gasteiger partial charge in [-0.15, -0.1) is 0 Å². The maximum atomic E-state index is 15.2. The minimum atomic E-state index is -4.88. The summed E-state index contributed by atoms with van der Waals surface area (Å²) in [6.07, 6.45) is -2.70. The van der Waals surface area contributed by atoms with Crippen LogP contribution in [0.1, 0.15) is 36.5 Å². The van der Waals surface area contributed by atoms with Gasteiger partial charge >= 0.3 is 6.11 Å². The molecule has 0 N–H and O–H groups in total. The number of aryl methyl sites for hydroxylation is 1. The standard InChI is InChI=1S/C37H24F10O/c1-2-3-4-5-20-6-8-21(9-7-20)22-10-12-26(28(38)14-22)23-11-13-27(29(39)15-23)24-16-32(42)35(33(43)17-24)37(46,47)48-25-18-30(40)34(36(44)45)31(41)19-25/h2-3,6-19,36H,4-5H2,1H3. The van der Waals surface area contributed by atoms with Crippen molar-refractivity contribution < 1.29 is 48.6 Å². The van der Waals surface area contributed by atoms with Crippen LogP contribution in [0.3, 0.4) is 0 Å². The molecule has 5 rings (SSSR count). The summed E-state index contributed by atoms with van der Waals surface area (Å²) in [5.74, 6) is -10.7. The molecule has 0 fully saturated rings. The molecule has 0 saturated carbocycles. The Morgan fingerprint density at radius 2 is 1.10 bits per heavy atom. The van der Waals surface area contributed by atoms with Crippen LogP contribution in [0.5, 0.6) is 5.75 Å². The second-order valence-corrected chi connectivity index (χ2v) is 10.7. The van der Waals surface area contributed by atoms with Crippen molar-refractivity contribution in [2.45, 2.75) is 32.3 Å². The zero-order chi connectivity index (χ0) is 34.7. The highest BCUT2D eigenvalue weighted by molar-refractivity contribution is 5.74. The molecule has 0 heterocycles. The van der Waals surface area contributed by atoms with Gasteiger partial charge in [-0.2, -0.15) is 8.78 Å². The van der Waals surface area contributed by atoms with Crippen LogP contribution in [0.15, 0.2) is 97.1 Å². The quantitative estimate of drug-likeness (QED) is 0.106. The van der Waals surface area contributed by atoms with E-state index in [2.05, 4.69) is 10.8 Å². The zero-order valence-electron chi connectivity index (χ0n) is 24.9. The fourth-order valence-electron chi connectivity index (χ4n) is 5.16. The van der Waals surface area contributed by atoms with E-state index in [0.717, 1.165) is 36.1 Å². The lowest BCUT2D eigenvalue weighted by Crippen LogP contribution is -2.25. The Hall–Kier alpha value is -5.06. The molecule has 5 aromatic carbocycles. The van der Waals surface area contributed by atoms with E-state index in [0.29, 0.717) is 17.7 Å². The second-order valence-electron chi connectivity index (χ2n) is 10.7. The van der Waals surface area contributed by atoms with Gasteiger partial charge < -0.3 is 4.74 Å². The van der Waals surface area contributed by atoms with Crippen molar-refractivity contribution in [3.05, 3.63) is 149 Å². The van der Waals surface area contributed by atoms with Crippen LogP contribution in [-0.2, 0) is 12.5 Å². The molecule has 48 heavy (non-hydrogen) atoms. The molecule has 0 unspecified atom stereocenters. The van der Waals surface area contributed by atoms with Gasteiger partial charge in [-0.25, -0.2) is 35.1 Å². The number of rotatable bonds is 10. The number of halogens is 10. The molecule has 0 aliphatic rings. The van der Waals surface area contributed by atoms with Crippen LogP contribution >= 0.6 is 0 Å². The van der Waals surface area contributed by atoms with Crippen molar-refractivity contribution in [1.29, 1.82) is 0 Å². The van der Waals surface area contributed by atoms with E-state index >= 15 is 8.78 Å². The third-order valence-electron chi connectivity index (χ3n) is 7.53. The zero-order valence-corrected chi connectivity index (χ0v) is 24.9. The number of hydrogen-bond donors (Lipinski definition) is 0. The monoisotopic (exact) mass is 674 g/mol. The normalized spacial score (nSPS) is 11.9. The Labute approximate surface area is 268 Å². The largest absolute Gasteiger partial charge is 0.432 e. The number of allylic oxidation sites excluding steroid dienone is 2. The number of ether oxygens (including phenoxy) is 1. The predicted molar refractivity (Wildman–Crippen MR) is 162 cm³/mol. The third kappa shape index (κ3) is 7.25. The van der Waals surface area contributed by atoms with Gasteiger partial charge in [0.2, 0.25) is 0 Å². The SMILES string of the molecule is CC=CCCc1ccc(-c2ccc(-c3ccc(-c4cc(F)c(C(F)(F)Oc5cc(F)c(C(F)F)c(F)c5)c(F)c4)c(F)c3)c(F)c2)cc1. The highest BCUT2D eigenvalue weighted by atomic mass is 19.3. The fourth-order valence-corrected chi connectivity index (χ4v) is 5.16. The van der Waals surface area contributed by atoms with Crippen LogP contribution in [0.2, 0.25) is 0 Å². The van der Waals surface area contributed by atoms with Gasteiger partial charge in [0.05, 0.1) is 5.56 Å². The Morgan fingerprint density at radius 1 is 0.604 bits per heavy atom. The predicted octanol–water partition coefficient (Wildman–Crippen LogP) is 12.1. The second kappa shape index (κ2) is 14.0. The van der Waals surface area contributed by atoms with E-state index in [4.69, 9.17) is 0 Å². The highest BCUT2D eigenvalue weighted by Gasteiger charge is 2.42. The molecule has 0 bridgehead atoms. The van der Waals surface area contributed by atoms with Gasteiger partial charge in [0.1, 0.15) is 46.2 Å². The van der Waals surface area contributed by atoms with Crippen molar-refractivity contribution in [3.63, 3.8) is 0 Å². The molecule has 0 amide bonds. The lowest BCUT2D eigenvalue weighted by Gasteiger charge is -2.20. The first-order chi connectivity index (χ1) is 22.8. The summed E-state index contributed by atoms with van der Waals surface area (Å²) in [5.41, 5.74) is -1.99. The summed E-state index contributed by atoms with van der Waals surface area (Å²) in [7, 11) is 0. The molecule has 0 saturated heterocycles. The maximum absolute atomic E-state index is 15.2. The summed E-state index contributed by atoms with van der Waals surface area (Å²) in [6.45, 7) is 1.94. The highest BCUT2D eigenvalue weighted by Crippen LogP contribution is 2.39. The summed E-state index contributed by atoms with van der Waals surface area (Å²) < 4.78 is 147. The minimum absolute atomic E-state index is 0.0145. The van der Waals surface area contributed by atoms with E-state index in [1.54, 1.807) is 6.07 Å². The van der Waals surface area contributed by atoms with Gasteiger partial charge in [-0.3, -0.25) is 0 Å². The van der Waals surface area contributed by atoms with Crippen molar-refractivity contribution in [2.75, 3.05) is 0 Å². The number of benzene rings is 5. The summed E-state index contributed by atoms with van der Waals surface area (Å²) >= 11 is 0. The minimum Gasteiger partial charge on any atom is -0.429 e. The Bertz CT molecular complexity index is 1940. The van der Waals surface area contributed by atoms with Crippen LogP contribution in [0.4, 0.5) is 43.9 Å². The maximum Gasteiger partial charge on any atom is 0.432 e. The Kier molecular flexibility index (Phi) is 9.98. The molecule has 0 atom stereocenters. The number of alkyl halides is 4. The van der Waals surface area contributed by atoms with E-state index in [1.165, 1.54) is 18.2 Å². The average Bonchev–Trinajstić information content (AvgIpc) is 3.00. The van der Waals surface area contributed by atoms with E-state index in [1.807, 2.05) is 37.3 Å². The van der Waals surface area contributed by atoms with Crippen LogP contribution in [-0.4, -0.2) is 0 Å². The molecule has 0 spiro atoms. The lowest BCUT2D eigenvalue weighted by atomic mass is 9.96. The van der Waals surface area contributed by atoms with Gasteiger partial charge in [-0.05, 0) is 71.8 Å². The molecule has 1 nitrogen and oxygen atoms in total. The Morgan fingerprint density at radius 3 is 1.65 bits per heavy atom. The molecular formula is C37H24F10O. The van der Waals surface area contributed by atoms with Crippen LogP contribution in [0.25, 0.3) is 33.4 Å². The van der Waals surface area contributed by atoms with Crippen molar-refractivity contribution in [1.82, 2.24) is 0 Å². The van der Waals surface area contributed by atoms with Crippen molar-refractivity contribution in [2.24, 2.45) is 0 Å². The average molecular weight is 675 g/mol. The first-order valence-corrected chi connectivity index (χ1v) is 14.4. The first kappa shape index (κ1) is 34.3. The van der Waals surface area contributed by atoms with Gasteiger partial charge in [0.25, 0.3) is 6.43 Å². The van der Waals surface area contributed by atoms with E-state index < -0.39 is 75.4 Å². The summed E-state index contributed by atoms with van der Waals surface area (Å²) in [5, 5.41) is 0. The number of hydrogen-bond acceptors (Lipinski definition) is 1. The van der Waals surface area contributed by atoms with Crippen LogP contribution < -0.4 is 4.74 Å². The van der Waals surface area contributed by atoms with E-state index in [-0.39, 0.29) is 23.3 Å². The van der Waals surface area contributed by atoms with Crippen molar-refractivity contribution in [3.8, 4) is 39.1 Å². The van der Waals surface area contributed by atoms with Crippen molar-refractivity contribution >= 4 is 0 Å². The molecule has 0 aliphatic carbocycles. The lowest BCUT2D eigenvalue weighted by molar-refractivity contribution is -0.189. The van der Waals surface area contributed by atoms with Gasteiger partial charge in [-0.1, -0.05) is 60.7 Å². The smallest absolute Gasteiger partial charge is 0.429 e. The van der Waals surface area contributed by atoms with Gasteiger partial charge in [0, 0.05) is 23.3 Å². The molecule has 0 radical (unpaired) electrons. The molecule has 0 aromatic heterocycles. The summed E-state index contributed by atoms with van der Waals surface area (Å²) in [6, 6.07) is 16.1. The van der Waals surface area contributed by atoms with E-state index in [9.17, 15) is 35.1 Å². The van der Waals surface area contributed by atoms with Crippen LogP contribution in [0, 0.1) is 34.9 Å². The first-order valence-electron chi connectivity index (χ1n) is 14.4. The summed E-state index contributed by atoms with van der Waals surface area (Å²) in [4.78, 5) is 0. The van der Waals surface area contributed by atoms with Gasteiger partial charge in [0.15, 0.2) is 0 Å². The molecule has 11 heteroatoms. The fraction of sp³-hybridized carbons (Fsp3) is 0.135. The Balaban J connectivity index is 1.37. The third-order valence-corrected chi connectivity index (χ3v) is 7.53. The topological polar surface area (TPSA) is 9.23 Å². The molecule has 5 aromatic rings. The molecular weight excluding hydrogens is 650 g/mol. The molecule has 0 aliphatic heterocycles. The molecule has 248 valence electrons.